The fourth-order valence-electron chi connectivity index (χ4n) is 1.91. The number of H-pyrrole nitrogens is 1. The number of carboxylic acid groups (broad SMARTS) is 1. The van der Waals surface area contributed by atoms with E-state index < -0.39 is 16.0 Å². The first-order valence-corrected chi connectivity index (χ1v) is 7.02. The van der Waals surface area contributed by atoms with E-state index in [4.69, 9.17) is 10.8 Å². The predicted molar refractivity (Wildman–Crippen MR) is 63.7 cm³/mol. The van der Waals surface area contributed by atoms with Crippen molar-refractivity contribution >= 4 is 16.0 Å². The molecule has 1 aromatic heterocycles. The molecular weight excluding hydrogens is 258 g/mol. The van der Waals surface area contributed by atoms with Crippen LogP contribution in [-0.4, -0.2) is 47.9 Å². The Labute approximate surface area is 105 Å². The van der Waals surface area contributed by atoms with Gasteiger partial charge in [-0.05, 0) is 18.9 Å². The van der Waals surface area contributed by atoms with Crippen molar-refractivity contribution in [2.75, 3.05) is 13.1 Å². The summed E-state index contributed by atoms with van der Waals surface area (Å²) in [4.78, 5) is 13.1. The molecule has 2 rings (SSSR count). The van der Waals surface area contributed by atoms with Gasteiger partial charge in [0.25, 0.3) is 0 Å². The highest BCUT2D eigenvalue weighted by Gasteiger charge is 2.29. The molecule has 8 heteroatoms. The molecule has 0 spiro atoms. The number of nitrogens with zero attached hydrogens (tertiary/aromatic N) is 1. The largest absolute Gasteiger partial charge is 0.477 e. The number of hydrogen-bond donors (Lipinski definition) is 3. The third-order valence-electron chi connectivity index (χ3n) is 3.02. The van der Waals surface area contributed by atoms with Crippen LogP contribution in [0, 0.1) is 0 Å². The van der Waals surface area contributed by atoms with E-state index in [1.807, 2.05) is 0 Å². The molecule has 0 atom stereocenters. The summed E-state index contributed by atoms with van der Waals surface area (Å²) in [5, 5.41) is 8.75. The Morgan fingerprint density at radius 2 is 2.06 bits per heavy atom. The molecule has 7 nitrogen and oxygen atoms in total. The summed E-state index contributed by atoms with van der Waals surface area (Å²) in [6, 6.07) is 1.17. The van der Waals surface area contributed by atoms with Gasteiger partial charge in [-0.3, -0.25) is 0 Å². The van der Waals surface area contributed by atoms with E-state index in [9.17, 15) is 13.2 Å². The lowest BCUT2D eigenvalue weighted by atomic mass is 10.1. The number of carbonyl (C=O) groups is 1. The second-order valence-corrected chi connectivity index (χ2v) is 6.23. The minimum atomic E-state index is -3.61. The van der Waals surface area contributed by atoms with Crippen molar-refractivity contribution in [3.05, 3.63) is 18.0 Å². The van der Waals surface area contributed by atoms with Gasteiger partial charge < -0.3 is 15.8 Å². The van der Waals surface area contributed by atoms with E-state index in [1.54, 1.807) is 0 Å². The van der Waals surface area contributed by atoms with Crippen LogP contribution in [0.5, 0.6) is 0 Å². The summed E-state index contributed by atoms with van der Waals surface area (Å²) in [6.07, 6.45) is 2.44. The van der Waals surface area contributed by atoms with Crippen molar-refractivity contribution in [2.45, 2.75) is 23.8 Å². The lowest BCUT2D eigenvalue weighted by Crippen LogP contribution is -2.42. The molecular formula is C10H15N3O4S. The number of aromatic amines is 1. The van der Waals surface area contributed by atoms with E-state index in [-0.39, 0.29) is 16.6 Å². The van der Waals surface area contributed by atoms with Crippen molar-refractivity contribution in [1.82, 2.24) is 9.29 Å². The minimum Gasteiger partial charge on any atom is -0.477 e. The molecule has 1 saturated heterocycles. The quantitative estimate of drug-likeness (QED) is 0.706. The van der Waals surface area contributed by atoms with Gasteiger partial charge in [0.15, 0.2) is 0 Å². The number of hydrogen-bond acceptors (Lipinski definition) is 4. The van der Waals surface area contributed by atoms with Gasteiger partial charge in [-0.15, -0.1) is 0 Å². The van der Waals surface area contributed by atoms with E-state index in [1.165, 1.54) is 10.5 Å². The third kappa shape index (κ3) is 2.40. The van der Waals surface area contributed by atoms with Crippen LogP contribution in [0.15, 0.2) is 17.2 Å². The summed E-state index contributed by atoms with van der Waals surface area (Å²) in [5.74, 6) is -1.18. The topological polar surface area (TPSA) is 116 Å². The second-order valence-electron chi connectivity index (χ2n) is 4.30. The SMILES string of the molecule is NC1CCN(S(=O)(=O)c2c[nH]c(C(=O)O)c2)CC1. The first kappa shape index (κ1) is 13.1. The molecule has 2 heterocycles. The molecule has 0 aromatic carbocycles. The zero-order valence-electron chi connectivity index (χ0n) is 9.67. The molecule has 0 saturated carbocycles. The Kier molecular flexibility index (Phi) is 3.42. The summed E-state index contributed by atoms with van der Waals surface area (Å²) in [6.45, 7) is 0.744. The van der Waals surface area contributed by atoms with Crippen molar-refractivity contribution in [2.24, 2.45) is 5.73 Å². The van der Waals surface area contributed by atoms with E-state index in [0.29, 0.717) is 25.9 Å². The van der Waals surface area contributed by atoms with Crippen molar-refractivity contribution in [3.63, 3.8) is 0 Å². The number of aromatic nitrogens is 1. The predicted octanol–water partition coefficient (Wildman–Crippen LogP) is -0.175. The van der Waals surface area contributed by atoms with Gasteiger partial charge in [-0.25, -0.2) is 13.2 Å². The summed E-state index contributed by atoms with van der Waals surface area (Å²) < 4.78 is 25.7. The third-order valence-corrected chi connectivity index (χ3v) is 4.90. The number of carboxylic acids is 1. The van der Waals surface area contributed by atoms with Gasteiger partial charge in [-0.1, -0.05) is 0 Å². The maximum atomic E-state index is 12.2. The zero-order valence-corrected chi connectivity index (χ0v) is 10.5. The van der Waals surface area contributed by atoms with Gasteiger partial charge in [-0.2, -0.15) is 4.31 Å². The first-order chi connectivity index (χ1) is 8.41. The lowest BCUT2D eigenvalue weighted by molar-refractivity contribution is 0.0691. The van der Waals surface area contributed by atoms with Crippen LogP contribution in [0.1, 0.15) is 23.3 Å². The standard InChI is InChI=1S/C10H15N3O4S/c11-7-1-3-13(4-2-7)18(16,17)8-5-9(10(14)15)12-6-8/h5-7,12H,1-4,11H2,(H,14,15). The van der Waals surface area contributed by atoms with Gasteiger partial charge in [0, 0.05) is 25.3 Å². The Bertz CT molecular complexity index is 543. The molecule has 0 amide bonds. The number of nitrogens with one attached hydrogen (secondary N) is 1. The van der Waals surface area contributed by atoms with Crippen LogP contribution < -0.4 is 5.73 Å². The average molecular weight is 273 g/mol. The number of piperidine rings is 1. The van der Waals surface area contributed by atoms with Gasteiger partial charge in [0.2, 0.25) is 10.0 Å². The van der Waals surface area contributed by atoms with Gasteiger partial charge >= 0.3 is 5.97 Å². The normalized spacial score (nSPS) is 18.9. The molecule has 1 aliphatic heterocycles. The highest BCUT2D eigenvalue weighted by Crippen LogP contribution is 2.20. The number of aromatic carboxylic acids is 1. The Morgan fingerprint density at radius 3 is 2.56 bits per heavy atom. The van der Waals surface area contributed by atoms with Crippen molar-refractivity contribution in [1.29, 1.82) is 0 Å². The molecule has 18 heavy (non-hydrogen) atoms. The fraction of sp³-hybridized carbons (Fsp3) is 0.500. The molecule has 0 bridgehead atoms. The Balaban J connectivity index is 2.22. The average Bonchev–Trinajstić information content (AvgIpc) is 2.79. The van der Waals surface area contributed by atoms with Crippen LogP contribution in [0.3, 0.4) is 0 Å². The molecule has 4 N–H and O–H groups in total. The monoisotopic (exact) mass is 273 g/mol. The molecule has 1 aromatic rings. The number of rotatable bonds is 3. The first-order valence-electron chi connectivity index (χ1n) is 5.58. The van der Waals surface area contributed by atoms with E-state index in [0.717, 1.165) is 6.07 Å². The van der Waals surface area contributed by atoms with Crippen molar-refractivity contribution < 1.29 is 18.3 Å². The van der Waals surface area contributed by atoms with Crippen LogP contribution in [0.25, 0.3) is 0 Å². The number of nitrogens with two attached hydrogens (primary N) is 1. The Hall–Kier alpha value is -1.38. The van der Waals surface area contributed by atoms with Crippen LogP contribution in [-0.2, 0) is 10.0 Å². The zero-order chi connectivity index (χ0) is 13.3. The highest BCUT2D eigenvalue weighted by atomic mass is 32.2. The maximum absolute atomic E-state index is 12.2. The highest BCUT2D eigenvalue weighted by molar-refractivity contribution is 7.89. The minimum absolute atomic E-state index is 0.0182. The van der Waals surface area contributed by atoms with Crippen LogP contribution in [0.2, 0.25) is 0 Å². The van der Waals surface area contributed by atoms with Gasteiger partial charge in [0.1, 0.15) is 10.6 Å². The second kappa shape index (κ2) is 4.71. The summed E-state index contributed by atoms with van der Waals surface area (Å²) in [7, 11) is -3.61. The molecule has 0 aliphatic carbocycles. The Morgan fingerprint density at radius 1 is 1.44 bits per heavy atom. The smallest absolute Gasteiger partial charge is 0.352 e. The van der Waals surface area contributed by atoms with Crippen LogP contribution in [0.4, 0.5) is 0 Å². The van der Waals surface area contributed by atoms with Crippen molar-refractivity contribution in [3.8, 4) is 0 Å². The van der Waals surface area contributed by atoms with Gasteiger partial charge in [0.05, 0.1) is 0 Å². The number of sulfonamides is 1. The molecule has 1 aliphatic rings. The summed E-state index contributed by atoms with van der Waals surface area (Å²) in [5.41, 5.74) is 5.58. The molecule has 0 radical (unpaired) electrons. The van der Waals surface area contributed by atoms with E-state index >= 15 is 0 Å². The van der Waals surface area contributed by atoms with E-state index in [2.05, 4.69) is 4.98 Å². The molecule has 100 valence electrons. The maximum Gasteiger partial charge on any atom is 0.352 e. The van der Waals surface area contributed by atoms with Crippen LogP contribution >= 0.6 is 0 Å². The molecule has 0 unspecified atom stereocenters. The molecule has 1 fully saturated rings. The lowest BCUT2D eigenvalue weighted by Gasteiger charge is -2.28. The summed E-state index contributed by atoms with van der Waals surface area (Å²) >= 11 is 0. The fourth-order valence-corrected chi connectivity index (χ4v) is 3.38.